The van der Waals surface area contributed by atoms with Crippen LogP contribution in [0.4, 0.5) is 0 Å². The largest absolute Gasteiger partial charge is 0.506 e. The van der Waals surface area contributed by atoms with Crippen LogP contribution in [0.15, 0.2) is 21.1 Å². The Balaban J connectivity index is 0.00000117. The summed E-state index contributed by atoms with van der Waals surface area (Å²) < 4.78 is 12.9. The maximum Gasteiger partial charge on any atom is 0.188 e. The summed E-state index contributed by atoms with van der Waals surface area (Å²) in [6, 6.07) is 4.28. The Morgan fingerprint density at radius 3 is 1.93 bits per heavy atom. The second kappa shape index (κ2) is 10.3. The molecular weight excluding hydrogens is 496 g/mol. The van der Waals surface area contributed by atoms with Gasteiger partial charge in [-0.2, -0.15) is 0 Å². The number of aromatic hydroxyl groups is 1. The molecule has 29 heavy (non-hydrogen) atoms. The van der Waals surface area contributed by atoms with E-state index in [-0.39, 0.29) is 6.79 Å². The standard InChI is InChI=1S/C22H24Br2O3.C2H6/c1-26-12-27-22-18(24)11-14-7-3-5-9-16(14)20(22)19-15-8-4-2-6-13(15)10-17(23)21(19)25;1-2/h10-11,25H,2-9,12H2,1H3;1-2H3. The fourth-order valence-corrected chi connectivity index (χ4v) is 5.56. The van der Waals surface area contributed by atoms with Gasteiger partial charge in [0.25, 0.3) is 0 Å². The third kappa shape index (κ3) is 4.52. The van der Waals surface area contributed by atoms with Crippen molar-refractivity contribution in [2.45, 2.75) is 65.2 Å². The summed E-state index contributed by atoms with van der Waals surface area (Å²) in [5.74, 6) is 1.10. The summed E-state index contributed by atoms with van der Waals surface area (Å²) in [6.45, 7) is 4.18. The van der Waals surface area contributed by atoms with E-state index in [0.717, 1.165) is 57.9 Å². The van der Waals surface area contributed by atoms with E-state index in [1.807, 2.05) is 13.8 Å². The monoisotopic (exact) mass is 524 g/mol. The van der Waals surface area contributed by atoms with Gasteiger partial charge in [-0.1, -0.05) is 13.8 Å². The van der Waals surface area contributed by atoms with Crippen molar-refractivity contribution in [2.24, 2.45) is 0 Å². The number of phenolic OH excluding ortho intramolecular Hbond substituents is 1. The van der Waals surface area contributed by atoms with Gasteiger partial charge in [0.05, 0.1) is 8.95 Å². The molecule has 2 aliphatic carbocycles. The highest BCUT2D eigenvalue weighted by atomic mass is 79.9. The minimum absolute atomic E-state index is 0.182. The molecule has 2 aromatic carbocycles. The van der Waals surface area contributed by atoms with Crippen LogP contribution in [0.3, 0.4) is 0 Å². The van der Waals surface area contributed by atoms with E-state index in [9.17, 15) is 5.11 Å². The molecule has 0 atom stereocenters. The van der Waals surface area contributed by atoms with Crippen LogP contribution in [0.2, 0.25) is 0 Å². The zero-order chi connectivity index (χ0) is 21.0. The van der Waals surface area contributed by atoms with E-state index in [2.05, 4.69) is 44.0 Å². The second-order valence-corrected chi connectivity index (χ2v) is 9.09. The molecule has 0 heterocycles. The molecule has 5 heteroatoms. The molecule has 0 aliphatic heterocycles. The Morgan fingerprint density at radius 2 is 1.34 bits per heavy atom. The molecule has 1 N–H and O–H groups in total. The fraction of sp³-hybridized carbons (Fsp3) is 0.500. The third-order valence-electron chi connectivity index (χ3n) is 5.70. The Labute approximate surface area is 191 Å². The minimum atomic E-state index is 0.182. The predicted octanol–water partition coefficient (Wildman–Crippen LogP) is 7.35. The number of rotatable bonds is 4. The van der Waals surface area contributed by atoms with Gasteiger partial charge in [0.2, 0.25) is 0 Å². The number of ether oxygens (including phenoxy) is 2. The molecule has 4 rings (SSSR count). The summed E-state index contributed by atoms with van der Waals surface area (Å²) in [5.41, 5.74) is 7.28. The van der Waals surface area contributed by atoms with Gasteiger partial charge >= 0.3 is 0 Å². The van der Waals surface area contributed by atoms with Gasteiger partial charge in [0, 0.05) is 18.2 Å². The number of benzene rings is 2. The van der Waals surface area contributed by atoms with E-state index in [4.69, 9.17) is 9.47 Å². The third-order valence-corrected chi connectivity index (χ3v) is 6.90. The summed E-state index contributed by atoms with van der Waals surface area (Å²) in [6.07, 6.45) is 8.88. The molecule has 0 spiro atoms. The Bertz CT molecular complexity index is 877. The first-order valence-electron chi connectivity index (χ1n) is 10.6. The Hall–Kier alpha value is -1.04. The highest BCUT2D eigenvalue weighted by Gasteiger charge is 2.28. The van der Waals surface area contributed by atoms with Crippen molar-refractivity contribution in [3.05, 3.63) is 43.3 Å². The molecule has 0 unspecified atom stereocenters. The molecule has 2 aromatic rings. The molecule has 0 bridgehead atoms. The number of fused-ring (bicyclic) bond motifs is 2. The topological polar surface area (TPSA) is 38.7 Å². The van der Waals surface area contributed by atoms with Crippen molar-refractivity contribution in [2.75, 3.05) is 13.9 Å². The van der Waals surface area contributed by atoms with Crippen LogP contribution in [0, 0.1) is 0 Å². The highest BCUT2D eigenvalue weighted by molar-refractivity contribution is 9.11. The van der Waals surface area contributed by atoms with Crippen LogP contribution in [0.25, 0.3) is 11.1 Å². The van der Waals surface area contributed by atoms with Gasteiger partial charge in [-0.25, -0.2) is 0 Å². The lowest BCUT2D eigenvalue weighted by Gasteiger charge is -2.28. The van der Waals surface area contributed by atoms with Crippen LogP contribution in [0.1, 0.15) is 61.8 Å². The Kier molecular flexibility index (Phi) is 8.06. The maximum absolute atomic E-state index is 11.1. The van der Waals surface area contributed by atoms with Crippen molar-refractivity contribution in [3.63, 3.8) is 0 Å². The lowest BCUT2D eigenvalue weighted by molar-refractivity contribution is 0.0509. The van der Waals surface area contributed by atoms with Gasteiger partial charge in [-0.05, 0) is 118 Å². The normalized spacial score (nSPS) is 15.1. The molecule has 0 fully saturated rings. The number of hydrogen-bond acceptors (Lipinski definition) is 3. The predicted molar refractivity (Wildman–Crippen MR) is 126 cm³/mol. The number of methoxy groups -OCH3 is 1. The number of phenols is 1. The van der Waals surface area contributed by atoms with Gasteiger partial charge < -0.3 is 14.6 Å². The number of halogens is 2. The zero-order valence-electron chi connectivity index (χ0n) is 17.5. The van der Waals surface area contributed by atoms with Crippen molar-refractivity contribution >= 4 is 31.9 Å². The van der Waals surface area contributed by atoms with Crippen LogP contribution in [-0.4, -0.2) is 19.0 Å². The van der Waals surface area contributed by atoms with E-state index in [1.165, 1.54) is 41.5 Å². The first kappa shape index (κ1) is 22.6. The summed E-state index contributed by atoms with van der Waals surface area (Å²) >= 11 is 7.31. The molecule has 0 amide bonds. The highest BCUT2D eigenvalue weighted by Crippen LogP contribution is 2.51. The fourth-order valence-electron chi connectivity index (χ4n) is 4.50. The van der Waals surface area contributed by atoms with Gasteiger partial charge in [-0.3, -0.25) is 0 Å². The SMILES string of the molecule is CC.COCOc1c(Br)cc2c(c1-c1c(O)c(Br)cc3c1CCCC3)CCCC2. The summed E-state index contributed by atoms with van der Waals surface area (Å²) in [7, 11) is 1.63. The smallest absolute Gasteiger partial charge is 0.188 e. The van der Waals surface area contributed by atoms with Crippen molar-refractivity contribution in [1.82, 2.24) is 0 Å². The first-order valence-corrected chi connectivity index (χ1v) is 12.2. The van der Waals surface area contributed by atoms with Gasteiger partial charge in [0.15, 0.2) is 6.79 Å². The van der Waals surface area contributed by atoms with Crippen molar-refractivity contribution in [1.29, 1.82) is 0 Å². The Morgan fingerprint density at radius 1 is 0.828 bits per heavy atom. The molecule has 158 valence electrons. The van der Waals surface area contributed by atoms with Gasteiger partial charge in [-0.15, -0.1) is 0 Å². The average Bonchev–Trinajstić information content (AvgIpc) is 2.75. The summed E-state index contributed by atoms with van der Waals surface area (Å²) in [5, 5.41) is 11.1. The molecular formula is C24H30Br2O3. The molecule has 0 radical (unpaired) electrons. The lowest BCUT2D eigenvalue weighted by atomic mass is 9.80. The second-order valence-electron chi connectivity index (χ2n) is 7.38. The quantitative estimate of drug-likeness (QED) is 0.424. The molecule has 0 saturated heterocycles. The molecule has 3 nitrogen and oxygen atoms in total. The minimum Gasteiger partial charge on any atom is -0.506 e. The van der Waals surface area contributed by atoms with Crippen molar-refractivity contribution < 1.29 is 14.6 Å². The van der Waals surface area contributed by atoms with Crippen LogP contribution in [0.5, 0.6) is 11.5 Å². The van der Waals surface area contributed by atoms with Gasteiger partial charge in [0.1, 0.15) is 11.5 Å². The van der Waals surface area contributed by atoms with Crippen LogP contribution >= 0.6 is 31.9 Å². The molecule has 0 aromatic heterocycles. The zero-order valence-corrected chi connectivity index (χ0v) is 20.7. The van der Waals surface area contributed by atoms with Crippen LogP contribution < -0.4 is 4.74 Å². The van der Waals surface area contributed by atoms with Crippen LogP contribution in [-0.2, 0) is 30.4 Å². The van der Waals surface area contributed by atoms with E-state index in [0.29, 0.717) is 5.75 Å². The molecule has 0 saturated carbocycles. The van der Waals surface area contributed by atoms with E-state index < -0.39 is 0 Å². The number of aryl methyl sites for hydroxylation is 2. The maximum atomic E-state index is 11.1. The first-order chi connectivity index (χ1) is 14.1. The molecule has 2 aliphatic rings. The van der Waals surface area contributed by atoms with E-state index in [1.54, 1.807) is 7.11 Å². The summed E-state index contributed by atoms with van der Waals surface area (Å²) in [4.78, 5) is 0. The lowest BCUT2D eigenvalue weighted by Crippen LogP contribution is -2.11. The van der Waals surface area contributed by atoms with E-state index >= 15 is 0 Å². The van der Waals surface area contributed by atoms with Crippen molar-refractivity contribution in [3.8, 4) is 22.6 Å². The average molecular weight is 526 g/mol. The number of hydrogen-bond donors (Lipinski definition) is 1.